The zero-order valence-corrected chi connectivity index (χ0v) is 20.6. The number of halogens is 1. The monoisotopic (exact) mass is 488 g/mol. The summed E-state index contributed by atoms with van der Waals surface area (Å²) in [5.41, 5.74) is 2.09. The molecule has 0 spiro atoms. The Morgan fingerprint density at radius 2 is 1.67 bits per heavy atom. The van der Waals surface area contributed by atoms with E-state index < -0.39 is 12.0 Å². The van der Waals surface area contributed by atoms with Crippen molar-refractivity contribution in [2.75, 3.05) is 25.0 Å². The Hall–Kier alpha value is -3.51. The van der Waals surface area contributed by atoms with Crippen LogP contribution in [0.5, 0.6) is 0 Å². The minimum absolute atomic E-state index is 0.0598. The van der Waals surface area contributed by atoms with Crippen molar-refractivity contribution in [2.45, 2.75) is 38.3 Å². The standard InChI is InChI=1S/C30H33FN2O3/c1-2-9-23-18-19-33(20-27(34)22-10-5-3-6-11-22)21-28(23)36-30(35)29(24-14-16-25(31)17-15-24)32-26-12-7-4-8-13-26/h3-8,10-17,23,28-29,32H,2,9,18-21H2,1H3. The number of Topliss-reactive ketones (excluding diaryl/α,β-unsaturated/α-hetero) is 1. The minimum atomic E-state index is -0.781. The van der Waals surface area contributed by atoms with Crippen LogP contribution in [-0.4, -0.2) is 42.4 Å². The Kier molecular flexibility index (Phi) is 8.85. The Morgan fingerprint density at radius 1 is 1.00 bits per heavy atom. The highest BCUT2D eigenvalue weighted by Crippen LogP contribution is 2.28. The molecule has 36 heavy (non-hydrogen) atoms. The molecule has 0 bridgehead atoms. The van der Waals surface area contributed by atoms with Crippen molar-refractivity contribution < 1.29 is 18.7 Å². The molecule has 1 N–H and O–H groups in total. The van der Waals surface area contributed by atoms with Gasteiger partial charge < -0.3 is 10.1 Å². The van der Waals surface area contributed by atoms with Crippen molar-refractivity contribution in [3.8, 4) is 0 Å². The number of carbonyl (C=O) groups is 2. The predicted molar refractivity (Wildman–Crippen MR) is 139 cm³/mol. The summed E-state index contributed by atoms with van der Waals surface area (Å²) in [6.07, 6.45) is 2.48. The van der Waals surface area contributed by atoms with E-state index >= 15 is 0 Å². The molecule has 6 heteroatoms. The summed E-state index contributed by atoms with van der Waals surface area (Å²) < 4.78 is 19.7. The summed E-state index contributed by atoms with van der Waals surface area (Å²) in [5.74, 6) is -0.482. The first-order valence-corrected chi connectivity index (χ1v) is 12.6. The first-order valence-electron chi connectivity index (χ1n) is 12.6. The number of anilines is 1. The highest BCUT2D eigenvalue weighted by atomic mass is 19.1. The normalized spacial score (nSPS) is 18.8. The second-order valence-electron chi connectivity index (χ2n) is 9.33. The van der Waals surface area contributed by atoms with Crippen LogP contribution in [0.1, 0.15) is 48.1 Å². The number of benzene rings is 3. The number of ether oxygens (including phenoxy) is 1. The maximum atomic E-state index is 13.6. The van der Waals surface area contributed by atoms with Gasteiger partial charge in [-0.3, -0.25) is 9.69 Å². The van der Waals surface area contributed by atoms with Gasteiger partial charge in [0.15, 0.2) is 11.8 Å². The van der Waals surface area contributed by atoms with Gasteiger partial charge in [0.1, 0.15) is 11.9 Å². The lowest BCUT2D eigenvalue weighted by Crippen LogP contribution is -2.48. The van der Waals surface area contributed by atoms with Crippen molar-refractivity contribution in [2.24, 2.45) is 5.92 Å². The summed E-state index contributed by atoms with van der Waals surface area (Å²) in [6, 6.07) is 23.8. The van der Waals surface area contributed by atoms with E-state index in [1.807, 2.05) is 60.7 Å². The molecule has 1 heterocycles. The molecule has 1 saturated heterocycles. The topological polar surface area (TPSA) is 58.6 Å². The van der Waals surface area contributed by atoms with Crippen LogP contribution in [0.2, 0.25) is 0 Å². The molecule has 0 aliphatic carbocycles. The highest BCUT2D eigenvalue weighted by Gasteiger charge is 2.34. The van der Waals surface area contributed by atoms with Crippen LogP contribution < -0.4 is 5.32 Å². The molecule has 3 atom stereocenters. The van der Waals surface area contributed by atoms with E-state index in [1.54, 1.807) is 12.1 Å². The van der Waals surface area contributed by atoms with Crippen molar-refractivity contribution in [3.63, 3.8) is 0 Å². The smallest absolute Gasteiger partial charge is 0.333 e. The molecule has 0 aromatic heterocycles. The molecule has 1 fully saturated rings. The quantitative estimate of drug-likeness (QED) is 0.285. The van der Waals surface area contributed by atoms with Crippen molar-refractivity contribution in [1.29, 1.82) is 0 Å². The lowest BCUT2D eigenvalue weighted by Gasteiger charge is -2.38. The highest BCUT2D eigenvalue weighted by molar-refractivity contribution is 5.97. The Balaban J connectivity index is 1.49. The number of hydrogen-bond acceptors (Lipinski definition) is 5. The third-order valence-corrected chi connectivity index (χ3v) is 6.69. The molecular formula is C30H33FN2O3. The predicted octanol–water partition coefficient (Wildman–Crippen LogP) is 5.90. The fraction of sp³-hybridized carbons (Fsp3) is 0.333. The van der Waals surface area contributed by atoms with Gasteiger partial charge in [0.25, 0.3) is 0 Å². The maximum Gasteiger partial charge on any atom is 0.333 e. The number of para-hydroxylation sites is 1. The number of carbonyl (C=O) groups excluding carboxylic acids is 2. The summed E-state index contributed by atoms with van der Waals surface area (Å²) in [6.45, 7) is 3.72. The van der Waals surface area contributed by atoms with Gasteiger partial charge in [0.05, 0.1) is 6.54 Å². The Bertz CT molecular complexity index is 1120. The van der Waals surface area contributed by atoms with Gasteiger partial charge >= 0.3 is 5.97 Å². The number of rotatable bonds is 10. The lowest BCUT2D eigenvalue weighted by atomic mass is 9.89. The second-order valence-corrected chi connectivity index (χ2v) is 9.33. The number of nitrogens with zero attached hydrogens (tertiary/aromatic N) is 1. The van der Waals surface area contributed by atoms with Crippen molar-refractivity contribution in [1.82, 2.24) is 4.90 Å². The number of likely N-dealkylation sites (tertiary alicyclic amines) is 1. The average Bonchev–Trinajstić information content (AvgIpc) is 2.90. The molecule has 3 aromatic rings. The van der Waals surface area contributed by atoms with Gasteiger partial charge in [0.2, 0.25) is 0 Å². The summed E-state index contributed by atoms with van der Waals surface area (Å²) in [5, 5.41) is 3.25. The fourth-order valence-electron chi connectivity index (χ4n) is 4.78. The lowest BCUT2D eigenvalue weighted by molar-refractivity contribution is -0.156. The van der Waals surface area contributed by atoms with Gasteiger partial charge in [-0.15, -0.1) is 0 Å². The summed E-state index contributed by atoms with van der Waals surface area (Å²) in [7, 11) is 0. The Labute approximate surface area is 212 Å². The van der Waals surface area contributed by atoms with Gasteiger partial charge in [0, 0.05) is 17.8 Å². The Morgan fingerprint density at radius 3 is 2.33 bits per heavy atom. The SMILES string of the molecule is CCCC1CCN(CC(=O)c2ccccc2)CC1OC(=O)C(Nc1ccccc1)c1ccc(F)cc1. The zero-order chi connectivity index (χ0) is 25.3. The molecular weight excluding hydrogens is 455 g/mol. The largest absolute Gasteiger partial charge is 0.459 e. The van der Waals surface area contributed by atoms with Crippen molar-refractivity contribution >= 4 is 17.4 Å². The zero-order valence-electron chi connectivity index (χ0n) is 20.6. The first-order chi connectivity index (χ1) is 17.5. The molecule has 1 aliphatic rings. The second kappa shape index (κ2) is 12.5. The van der Waals surface area contributed by atoms with Crippen LogP contribution in [0.15, 0.2) is 84.9 Å². The summed E-state index contributed by atoms with van der Waals surface area (Å²) >= 11 is 0. The number of hydrogen-bond donors (Lipinski definition) is 1. The molecule has 1 aliphatic heterocycles. The fourth-order valence-corrected chi connectivity index (χ4v) is 4.78. The number of piperidine rings is 1. The van der Waals surface area contributed by atoms with E-state index in [0.29, 0.717) is 24.2 Å². The van der Waals surface area contributed by atoms with E-state index in [1.165, 1.54) is 12.1 Å². The summed E-state index contributed by atoms with van der Waals surface area (Å²) in [4.78, 5) is 28.4. The molecule has 0 amide bonds. The number of esters is 1. The third kappa shape index (κ3) is 6.79. The number of ketones is 1. The molecule has 5 nitrogen and oxygen atoms in total. The van der Waals surface area contributed by atoms with Crippen LogP contribution in [0.4, 0.5) is 10.1 Å². The van der Waals surface area contributed by atoms with Crippen LogP contribution >= 0.6 is 0 Å². The van der Waals surface area contributed by atoms with E-state index in [-0.39, 0.29) is 23.6 Å². The van der Waals surface area contributed by atoms with Crippen LogP contribution in [0.25, 0.3) is 0 Å². The average molecular weight is 489 g/mol. The molecule has 188 valence electrons. The van der Waals surface area contributed by atoms with Gasteiger partial charge in [-0.1, -0.05) is 74.0 Å². The van der Waals surface area contributed by atoms with Gasteiger partial charge in [-0.05, 0) is 55.1 Å². The molecule has 4 rings (SSSR count). The molecule has 3 aromatic carbocycles. The minimum Gasteiger partial charge on any atom is -0.459 e. The van der Waals surface area contributed by atoms with E-state index in [2.05, 4.69) is 17.1 Å². The number of nitrogens with one attached hydrogen (secondary N) is 1. The molecule has 0 saturated carbocycles. The van der Waals surface area contributed by atoms with Gasteiger partial charge in [-0.2, -0.15) is 0 Å². The van der Waals surface area contributed by atoms with Crippen LogP contribution in [0.3, 0.4) is 0 Å². The molecule has 3 unspecified atom stereocenters. The first kappa shape index (κ1) is 25.6. The van der Waals surface area contributed by atoms with E-state index in [9.17, 15) is 14.0 Å². The van der Waals surface area contributed by atoms with E-state index in [0.717, 1.165) is 31.5 Å². The van der Waals surface area contributed by atoms with E-state index in [4.69, 9.17) is 4.74 Å². The maximum absolute atomic E-state index is 13.6. The van der Waals surface area contributed by atoms with Crippen LogP contribution in [-0.2, 0) is 9.53 Å². The van der Waals surface area contributed by atoms with Crippen LogP contribution in [0, 0.1) is 11.7 Å². The van der Waals surface area contributed by atoms with Crippen molar-refractivity contribution in [3.05, 3.63) is 102 Å². The third-order valence-electron chi connectivity index (χ3n) is 6.69. The van der Waals surface area contributed by atoms with Gasteiger partial charge in [-0.25, -0.2) is 9.18 Å². The molecule has 0 radical (unpaired) electrons.